The summed E-state index contributed by atoms with van der Waals surface area (Å²) in [4.78, 5) is 30.2. The number of anilines is 2. The van der Waals surface area contributed by atoms with Crippen molar-refractivity contribution < 1.29 is 23.8 Å². The van der Waals surface area contributed by atoms with Crippen molar-refractivity contribution in [3.05, 3.63) is 52.4 Å². The van der Waals surface area contributed by atoms with Crippen LogP contribution in [0.2, 0.25) is 0 Å². The van der Waals surface area contributed by atoms with Crippen LogP contribution >= 0.6 is 22.7 Å². The van der Waals surface area contributed by atoms with Crippen LogP contribution < -0.4 is 10.1 Å². The molecular formula is C24H24FN5O4S2. The van der Waals surface area contributed by atoms with E-state index in [9.17, 15) is 14.3 Å². The van der Waals surface area contributed by atoms with Crippen LogP contribution in [0.25, 0.3) is 22.0 Å². The highest BCUT2D eigenvalue weighted by Crippen LogP contribution is 2.36. The predicted molar refractivity (Wildman–Crippen MR) is 137 cm³/mol. The number of hydrogen-bond donors (Lipinski definition) is 2. The molecule has 2 N–H and O–H groups in total. The van der Waals surface area contributed by atoms with Crippen molar-refractivity contribution in [2.75, 3.05) is 25.6 Å². The second-order valence-electron chi connectivity index (χ2n) is 8.10. The van der Waals surface area contributed by atoms with Gasteiger partial charge in [-0.25, -0.2) is 29.1 Å². The number of hydrogen-bond acceptors (Lipinski definition) is 10. The molecule has 3 aromatic heterocycles. The van der Waals surface area contributed by atoms with E-state index in [4.69, 9.17) is 9.47 Å². The summed E-state index contributed by atoms with van der Waals surface area (Å²) in [6.07, 6.45) is 3.79. The van der Waals surface area contributed by atoms with Crippen LogP contribution in [0.3, 0.4) is 0 Å². The molecule has 0 saturated carbocycles. The number of benzene rings is 1. The molecule has 0 saturated heterocycles. The molecule has 4 rings (SSSR count). The predicted octanol–water partition coefficient (Wildman–Crippen LogP) is 5.53. The Kier molecular flexibility index (Phi) is 8.18. The Bertz CT molecular complexity index is 1340. The van der Waals surface area contributed by atoms with Gasteiger partial charge in [0.05, 0.1) is 18.5 Å². The van der Waals surface area contributed by atoms with Crippen LogP contribution in [0.15, 0.2) is 36.0 Å². The van der Waals surface area contributed by atoms with E-state index in [1.54, 1.807) is 30.8 Å². The molecule has 0 radical (unpaired) electrons. The Morgan fingerprint density at radius 1 is 1.22 bits per heavy atom. The maximum absolute atomic E-state index is 14.7. The lowest BCUT2D eigenvalue weighted by Gasteiger charge is -2.09. The first-order valence-electron chi connectivity index (χ1n) is 11.0. The maximum Gasteiger partial charge on any atom is 0.358 e. The SMILES string of the molecule is COCCOc1ccc(-c2nc(Nc3ncc(-c4nccs4)nc3C(=O)O)sc2CC(C)C)cc1F. The van der Waals surface area contributed by atoms with Crippen LogP contribution in [0.1, 0.15) is 29.2 Å². The second-order valence-corrected chi connectivity index (χ2v) is 10.1. The summed E-state index contributed by atoms with van der Waals surface area (Å²) >= 11 is 2.70. The number of methoxy groups -OCH3 is 1. The molecule has 0 spiro atoms. The minimum atomic E-state index is -1.23. The van der Waals surface area contributed by atoms with E-state index < -0.39 is 11.8 Å². The van der Waals surface area contributed by atoms with Crippen LogP contribution in [0, 0.1) is 11.7 Å². The smallest absolute Gasteiger partial charge is 0.358 e. The van der Waals surface area contributed by atoms with Crippen LogP contribution in [0.4, 0.5) is 15.3 Å². The third kappa shape index (κ3) is 6.01. The van der Waals surface area contributed by atoms with Crippen molar-refractivity contribution in [2.24, 2.45) is 5.92 Å². The molecule has 0 amide bonds. The highest BCUT2D eigenvalue weighted by molar-refractivity contribution is 7.16. The van der Waals surface area contributed by atoms with Gasteiger partial charge in [0.15, 0.2) is 28.2 Å². The van der Waals surface area contributed by atoms with Crippen LogP contribution in [-0.4, -0.2) is 51.3 Å². The van der Waals surface area contributed by atoms with E-state index in [1.807, 2.05) is 0 Å². The maximum atomic E-state index is 14.7. The van der Waals surface area contributed by atoms with E-state index in [0.717, 1.165) is 4.88 Å². The minimum Gasteiger partial charge on any atom is -0.488 e. The number of halogens is 1. The summed E-state index contributed by atoms with van der Waals surface area (Å²) in [5, 5.41) is 15.5. The lowest BCUT2D eigenvalue weighted by Crippen LogP contribution is -2.08. The zero-order valence-corrected chi connectivity index (χ0v) is 21.5. The zero-order chi connectivity index (χ0) is 25.7. The molecule has 9 nitrogen and oxygen atoms in total. The number of ether oxygens (including phenoxy) is 2. The summed E-state index contributed by atoms with van der Waals surface area (Å²) in [7, 11) is 1.55. The first-order chi connectivity index (χ1) is 17.4. The third-order valence-corrected chi connectivity index (χ3v) is 6.68. The highest BCUT2D eigenvalue weighted by atomic mass is 32.1. The summed E-state index contributed by atoms with van der Waals surface area (Å²) in [6.45, 7) is 4.75. The molecule has 0 aliphatic rings. The Balaban J connectivity index is 1.65. The van der Waals surface area contributed by atoms with Crippen molar-refractivity contribution in [2.45, 2.75) is 20.3 Å². The quantitative estimate of drug-likeness (QED) is 0.242. The van der Waals surface area contributed by atoms with Gasteiger partial charge in [-0.15, -0.1) is 22.7 Å². The molecule has 3 heterocycles. The third-order valence-electron chi connectivity index (χ3n) is 4.89. The fraction of sp³-hybridized carbons (Fsp3) is 0.292. The summed E-state index contributed by atoms with van der Waals surface area (Å²) in [5.41, 5.74) is 1.34. The second kappa shape index (κ2) is 11.5. The summed E-state index contributed by atoms with van der Waals surface area (Å²) in [6, 6.07) is 4.70. The normalized spacial score (nSPS) is 11.1. The minimum absolute atomic E-state index is 0.0623. The highest BCUT2D eigenvalue weighted by Gasteiger charge is 2.21. The average molecular weight is 530 g/mol. The fourth-order valence-electron chi connectivity index (χ4n) is 3.32. The number of carboxylic acids is 1. The number of thiazole rings is 2. The van der Waals surface area contributed by atoms with Crippen molar-refractivity contribution in [3.63, 3.8) is 0 Å². The van der Waals surface area contributed by atoms with Gasteiger partial charge in [0.25, 0.3) is 0 Å². The first kappa shape index (κ1) is 25.6. The van der Waals surface area contributed by atoms with Gasteiger partial charge in [-0.3, -0.25) is 0 Å². The zero-order valence-electron chi connectivity index (χ0n) is 19.8. The topological polar surface area (TPSA) is 119 Å². The van der Waals surface area contributed by atoms with E-state index in [2.05, 4.69) is 39.1 Å². The van der Waals surface area contributed by atoms with Crippen LogP contribution in [0.5, 0.6) is 5.75 Å². The molecule has 4 aromatic rings. The van der Waals surface area contributed by atoms with E-state index in [-0.39, 0.29) is 23.9 Å². The van der Waals surface area contributed by atoms with E-state index >= 15 is 0 Å². The number of aromatic nitrogens is 4. The van der Waals surface area contributed by atoms with Gasteiger partial charge < -0.3 is 19.9 Å². The van der Waals surface area contributed by atoms with E-state index in [0.29, 0.717) is 46.0 Å². The Hall–Kier alpha value is -3.48. The molecule has 0 bridgehead atoms. The molecule has 0 fully saturated rings. The monoisotopic (exact) mass is 529 g/mol. The van der Waals surface area contributed by atoms with Crippen molar-refractivity contribution >= 4 is 39.6 Å². The Morgan fingerprint density at radius 2 is 2.06 bits per heavy atom. The van der Waals surface area contributed by atoms with Gasteiger partial charge in [-0.2, -0.15) is 0 Å². The van der Waals surface area contributed by atoms with Crippen molar-refractivity contribution in [3.8, 4) is 27.7 Å². The molecule has 1 aromatic carbocycles. The van der Waals surface area contributed by atoms with Gasteiger partial charge >= 0.3 is 5.97 Å². The number of aromatic carboxylic acids is 1. The van der Waals surface area contributed by atoms with Crippen molar-refractivity contribution in [1.29, 1.82) is 0 Å². The lowest BCUT2D eigenvalue weighted by atomic mass is 10.0. The Morgan fingerprint density at radius 3 is 2.72 bits per heavy atom. The largest absolute Gasteiger partial charge is 0.488 e. The average Bonchev–Trinajstić information content (AvgIpc) is 3.50. The summed E-state index contributed by atoms with van der Waals surface area (Å²) < 4.78 is 25.1. The number of rotatable bonds is 11. The van der Waals surface area contributed by atoms with E-state index in [1.165, 1.54) is 34.9 Å². The fourth-order valence-corrected chi connectivity index (χ4v) is 5.11. The van der Waals surface area contributed by atoms with Gasteiger partial charge in [-0.05, 0) is 30.5 Å². The molecule has 0 unspecified atom stereocenters. The Labute approximate surface area is 215 Å². The number of carboxylic acid groups (broad SMARTS) is 1. The van der Waals surface area contributed by atoms with Gasteiger partial charge in [-0.1, -0.05) is 13.8 Å². The number of carbonyl (C=O) groups is 1. The number of nitrogens with one attached hydrogen (secondary N) is 1. The number of nitrogens with zero attached hydrogens (tertiary/aromatic N) is 4. The molecular weight excluding hydrogens is 505 g/mol. The van der Waals surface area contributed by atoms with Gasteiger partial charge in [0, 0.05) is 29.1 Å². The van der Waals surface area contributed by atoms with Gasteiger partial charge in [0.2, 0.25) is 0 Å². The molecule has 12 heteroatoms. The molecule has 0 atom stereocenters. The first-order valence-corrected chi connectivity index (χ1v) is 12.7. The molecule has 188 valence electrons. The lowest BCUT2D eigenvalue weighted by molar-refractivity contribution is 0.0691. The molecule has 36 heavy (non-hydrogen) atoms. The standard InChI is InChI=1S/C24H24FN5O4S2/c1-13(2)10-18-19(14-4-5-17(15(25)11-14)34-8-7-33-3)29-24(36-18)30-21-20(23(31)32)28-16(12-27-21)22-26-6-9-35-22/h4-6,9,11-13H,7-8,10H2,1-3H3,(H,31,32)(H,27,29,30). The van der Waals surface area contributed by atoms with Crippen molar-refractivity contribution in [1.82, 2.24) is 19.9 Å². The molecule has 0 aliphatic heterocycles. The molecule has 0 aliphatic carbocycles. The van der Waals surface area contributed by atoms with Gasteiger partial charge in [0.1, 0.15) is 17.3 Å². The summed E-state index contributed by atoms with van der Waals surface area (Å²) in [5.74, 6) is -1.21. The van der Waals surface area contributed by atoms with Crippen LogP contribution in [-0.2, 0) is 11.2 Å².